The number of alkyl halides is 1. The minimum atomic E-state index is -1.50. The van der Waals surface area contributed by atoms with Gasteiger partial charge in [0.15, 0.2) is 0 Å². The number of benzene rings is 2. The van der Waals surface area contributed by atoms with Crippen LogP contribution in [0, 0.1) is 12.8 Å². The van der Waals surface area contributed by atoms with Crippen LogP contribution in [0.25, 0.3) is 5.69 Å². The molecule has 0 saturated carbocycles. The Morgan fingerprint density at radius 2 is 1.97 bits per heavy atom. The van der Waals surface area contributed by atoms with E-state index in [4.69, 9.17) is 15.2 Å². The van der Waals surface area contributed by atoms with E-state index in [1.54, 1.807) is 6.20 Å². The molecule has 1 fully saturated rings. The maximum atomic E-state index is 14.5. The van der Waals surface area contributed by atoms with Gasteiger partial charge in [-0.2, -0.15) is 0 Å². The van der Waals surface area contributed by atoms with Gasteiger partial charge >= 0.3 is 0 Å². The molecule has 0 aliphatic carbocycles. The molecule has 4 rings (SSSR count). The summed E-state index contributed by atoms with van der Waals surface area (Å²) >= 11 is 0. The zero-order valence-corrected chi connectivity index (χ0v) is 16.6. The Balaban J connectivity index is 1.53. The van der Waals surface area contributed by atoms with E-state index in [1.165, 1.54) is 0 Å². The SMILES string of the molecule is Cc1nccn1-c1ccc(COC2C(c3ccccc3)OCC(F)C2C(N)=O)cc1. The van der Waals surface area contributed by atoms with E-state index < -0.39 is 30.2 Å². The fraction of sp³-hybridized carbons (Fsp3) is 0.304. The van der Waals surface area contributed by atoms with E-state index in [0.717, 1.165) is 22.6 Å². The number of amides is 1. The van der Waals surface area contributed by atoms with Crippen molar-refractivity contribution in [3.8, 4) is 5.69 Å². The summed E-state index contributed by atoms with van der Waals surface area (Å²) in [6.07, 6.45) is 0.756. The molecule has 1 amide bonds. The predicted molar refractivity (Wildman–Crippen MR) is 110 cm³/mol. The highest BCUT2D eigenvalue weighted by atomic mass is 19.1. The van der Waals surface area contributed by atoms with Gasteiger partial charge in [0.1, 0.15) is 30.1 Å². The van der Waals surface area contributed by atoms with Crippen molar-refractivity contribution in [1.29, 1.82) is 0 Å². The molecule has 0 bridgehead atoms. The predicted octanol–water partition coefficient (Wildman–Crippen LogP) is 3.28. The third kappa shape index (κ3) is 4.13. The van der Waals surface area contributed by atoms with Gasteiger partial charge in [-0.3, -0.25) is 4.79 Å². The van der Waals surface area contributed by atoms with Crippen molar-refractivity contribution < 1.29 is 18.7 Å². The molecule has 1 aliphatic rings. The van der Waals surface area contributed by atoms with Crippen LogP contribution in [0.1, 0.15) is 23.1 Å². The first kappa shape index (κ1) is 20.3. The van der Waals surface area contributed by atoms with E-state index in [9.17, 15) is 9.18 Å². The van der Waals surface area contributed by atoms with Gasteiger partial charge in [0.2, 0.25) is 5.91 Å². The Hall–Kier alpha value is -3.03. The summed E-state index contributed by atoms with van der Waals surface area (Å²) < 4.78 is 28.2. The molecule has 30 heavy (non-hydrogen) atoms. The van der Waals surface area contributed by atoms with Gasteiger partial charge in [-0.1, -0.05) is 42.5 Å². The summed E-state index contributed by atoms with van der Waals surface area (Å²) in [5.41, 5.74) is 8.23. The topological polar surface area (TPSA) is 79.4 Å². The number of hydrogen-bond donors (Lipinski definition) is 1. The summed E-state index contributed by atoms with van der Waals surface area (Å²) in [5.74, 6) is -0.901. The van der Waals surface area contributed by atoms with Crippen LogP contribution in [0.3, 0.4) is 0 Å². The lowest BCUT2D eigenvalue weighted by molar-refractivity contribution is -0.177. The molecule has 7 heteroatoms. The molecule has 2 N–H and O–H groups in total. The molecule has 6 nitrogen and oxygen atoms in total. The molecule has 4 unspecified atom stereocenters. The zero-order valence-electron chi connectivity index (χ0n) is 16.6. The van der Waals surface area contributed by atoms with Crippen LogP contribution in [0.2, 0.25) is 0 Å². The number of imidazole rings is 1. The number of nitrogens with two attached hydrogens (primary N) is 1. The first-order chi connectivity index (χ1) is 14.5. The van der Waals surface area contributed by atoms with Crippen molar-refractivity contribution in [3.05, 3.63) is 83.9 Å². The highest BCUT2D eigenvalue weighted by molar-refractivity contribution is 5.78. The highest BCUT2D eigenvalue weighted by Gasteiger charge is 2.45. The molecular formula is C23H24FN3O3. The highest BCUT2D eigenvalue weighted by Crippen LogP contribution is 2.36. The second kappa shape index (κ2) is 8.77. The van der Waals surface area contributed by atoms with Crippen molar-refractivity contribution in [2.45, 2.75) is 31.9 Å². The summed E-state index contributed by atoms with van der Waals surface area (Å²) in [6.45, 7) is 1.95. The van der Waals surface area contributed by atoms with Gasteiger partial charge in [0, 0.05) is 18.1 Å². The Morgan fingerprint density at radius 3 is 2.60 bits per heavy atom. The number of ether oxygens (including phenoxy) is 2. The van der Waals surface area contributed by atoms with Crippen LogP contribution >= 0.6 is 0 Å². The molecule has 156 valence electrons. The number of aromatic nitrogens is 2. The van der Waals surface area contributed by atoms with Crippen LogP contribution in [0.5, 0.6) is 0 Å². The molecule has 3 aromatic rings. The molecule has 2 heterocycles. The Kier molecular flexibility index (Phi) is 5.92. The zero-order chi connectivity index (χ0) is 21.1. The fourth-order valence-electron chi connectivity index (χ4n) is 3.84. The van der Waals surface area contributed by atoms with Crippen LogP contribution in [-0.4, -0.2) is 34.3 Å². The van der Waals surface area contributed by atoms with Gasteiger partial charge in [-0.15, -0.1) is 0 Å². The van der Waals surface area contributed by atoms with E-state index in [1.807, 2.05) is 72.3 Å². The van der Waals surface area contributed by atoms with Gasteiger partial charge in [-0.25, -0.2) is 9.37 Å². The van der Waals surface area contributed by atoms with Crippen LogP contribution in [-0.2, 0) is 20.9 Å². The normalized spacial score (nSPS) is 23.9. The number of rotatable bonds is 6. The van der Waals surface area contributed by atoms with Crippen molar-refractivity contribution in [3.63, 3.8) is 0 Å². The second-order valence-corrected chi connectivity index (χ2v) is 7.40. The average Bonchev–Trinajstić information content (AvgIpc) is 3.19. The number of nitrogens with zero attached hydrogens (tertiary/aromatic N) is 2. The fourth-order valence-corrected chi connectivity index (χ4v) is 3.84. The van der Waals surface area contributed by atoms with E-state index in [0.29, 0.717) is 0 Å². The number of aryl methyl sites for hydroxylation is 1. The molecule has 1 aliphatic heterocycles. The van der Waals surface area contributed by atoms with Gasteiger partial charge < -0.3 is 19.8 Å². The first-order valence-corrected chi connectivity index (χ1v) is 9.85. The molecule has 1 aromatic heterocycles. The number of carbonyl (C=O) groups excluding carboxylic acids is 1. The van der Waals surface area contributed by atoms with Gasteiger partial charge in [0.05, 0.1) is 13.2 Å². The molecular weight excluding hydrogens is 385 g/mol. The number of primary amides is 1. The van der Waals surface area contributed by atoms with Gasteiger partial charge in [0.25, 0.3) is 0 Å². The maximum Gasteiger partial charge on any atom is 0.226 e. The summed E-state index contributed by atoms with van der Waals surface area (Å²) in [4.78, 5) is 16.2. The monoisotopic (exact) mass is 409 g/mol. The second-order valence-electron chi connectivity index (χ2n) is 7.40. The standard InChI is InChI=1S/C23H24FN3O3/c1-15-26-11-12-27(15)18-9-7-16(8-10-18)13-29-22-20(23(25)28)19(24)14-30-21(22)17-5-3-2-4-6-17/h2-12,19-22H,13-14H2,1H3,(H2,25,28). The summed E-state index contributed by atoms with van der Waals surface area (Å²) in [6, 6.07) is 17.2. The van der Waals surface area contributed by atoms with Crippen molar-refractivity contribution in [2.75, 3.05) is 6.61 Å². The lowest BCUT2D eigenvalue weighted by Crippen LogP contribution is -2.50. The average molecular weight is 409 g/mol. The van der Waals surface area contributed by atoms with Crippen molar-refractivity contribution in [1.82, 2.24) is 9.55 Å². The molecule has 0 spiro atoms. The van der Waals surface area contributed by atoms with E-state index in [-0.39, 0.29) is 13.2 Å². The molecule has 1 saturated heterocycles. The summed E-state index contributed by atoms with van der Waals surface area (Å²) in [5, 5.41) is 0. The van der Waals surface area contributed by atoms with Crippen LogP contribution < -0.4 is 5.73 Å². The van der Waals surface area contributed by atoms with Crippen LogP contribution in [0.4, 0.5) is 4.39 Å². The Bertz CT molecular complexity index is 990. The minimum Gasteiger partial charge on any atom is -0.370 e. The Labute approximate surface area is 174 Å². The smallest absolute Gasteiger partial charge is 0.226 e. The van der Waals surface area contributed by atoms with E-state index in [2.05, 4.69) is 4.98 Å². The third-order valence-electron chi connectivity index (χ3n) is 5.42. The molecule has 4 atom stereocenters. The van der Waals surface area contributed by atoms with Crippen molar-refractivity contribution >= 4 is 5.91 Å². The number of halogens is 1. The third-order valence-corrected chi connectivity index (χ3v) is 5.42. The lowest BCUT2D eigenvalue weighted by atomic mass is 9.87. The quantitative estimate of drug-likeness (QED) is 0.678. The number of hydrogen-bond acceptors (Lipinski definition) is 4. The molecule has 2 aromatic carbocycles. The Morgan fingerprint density at radius 1 is 1.23 bits per heavy atom. The molecule has 0 radical (unpaired) electrons. The van der Waals surface area contributed by atoms with E-state index >= 15 is 0 Å². The minimum absolute atomic E-state index is 0.189. The largest absolute Gasteiger partial charge is 0.370 e. The van der Waals surface area contributed by atoms with Crippen LogP contribution in [0.15, 0.2) is 67.0 Å². The summed E-state index contributed by atoms with van der Waals surface area (Å²) in [7, 11) is 0. The first-order valence-electron chi connectivity index (χ1n) is 9.85. The van der Waals surface area contributed by atoms with Gasteiger partial charge in [-0.05, 0) is 30.2 Å². The lowest BCUT2D eigenvalue weighted by Gasteiger charge is -2.38. The maximum absolute atomic E-state index is 14.5. The number of carbonyl (C=O) groups is 1. The van der Waals surface area contributed by atoms with Crippen molar-refractivity contribution in [2.24, 2.45) is 11.7 Å².